The van der Waals surface area contributed by atoms with Crippen LogP contribution in [0.2, 0.25) is 5.02 Å². The lowest BCUT2D eigenvalue weighted by molar-refractivity contribution is -0.120. The molecule has 2 aromatic rings. The average Bonchev–Trinajstić information content (AvgIpc) is 2.54. The van der Waals surface area contributed by atoms with E-state index >= 15 is 0 Å². The summed E-state index contributed by atoms with van der Waals surface area (Å²) in [5, 5.41) is 3.65. The van der Waals surface area contributed by atoms with E-state index in [1.54, 1.807) is 18.9 Å². The van der Waals surface area contributed by atoms with Crippen molar-refractivity contribution in [2.24, 2.45) is 0 Å². The summed E-state index contributed by atoms with van der Waals surface area (Å²) < 4.78 is 5.24. The van der Waals surface area contributed by atoms with Crippen molar-refractivity contribution in [1.29, 1.82) is 0 Å². The minimum Gasteiger partial charge on any atom is -0.496 e. The van der Waals surface area contributed by atoms with Crippen molar-refractivity contribution >= 4 is 29.3 Å². The second-order valence-electron chi connectivity index (χ2n) is 4.64. The predicted octanol–water partition coefficient (Wildman–Crippen LogP) is 3.80. The van der Waals surface area contributed by atoms with Crippen LogP contribution in [0, 0.1) is 0 Å². The van der Waals surface area contributed by atoms with Gasteiger partial charge in [0.1, 0.15) is 5.75 Å². The average molecular weight is 336 g/mol. The Morgan fingerprint density at radius 2 is 1.91 bits per heavy atom. The second kappa shape index (κ2) is 8.71. The van der Waals surface area contributed by atoms with Gasteiger partial charge in [-0.25, -0.2) is 0 Å². The normalized spacial score (nSPS) is 10.3. The number of halogens is 1. The molecule has 0 atom stereocenters. The number of carbonyl (C=O) groups is 1. The van der Waals surface area contributed by atoms with Gasteiger partial charge in [0.05, 0.1) is 13.5 Å². The third kappa shape index (κ3) is 5.28. The number of carbonyl (C=O) groups excluding carboxylic acids is 1. The molecule has 0 aliphatic rings. The van der Waals surface area contributed by atoms with Crippen molar-refractivity contribution in [3.63, 3.8) is 0 Å². The number of para-hydroxylation sites is 1. The maximum Gasteiger partial charge on any atom is 0.224 e. The molecule has 3 nitrogen and oxygen atoms in total. The Labute approximate surface area is 140 Å². The molecule has 0 bridgehead atoms. The first-order valence-corrected chi connectivity index (χ1v) is 8.32. The lowest BCUT2D eigenvalue weighted by Crippen LogP contribution is -2.27. The number of thioether (sulfide) groups is 1. The van der Waals surface area contributed by atoms with E-state index in [4.69, 9.17) is 16.3 Å². The molecule has 116 valence electrons. The highest BCUT2D eigenvalue weighted by Gasteiger charge is 2.07. The first kappa shape index (κ1) is 16.7. The maximum atomic E-state index is 11.9. The highest BCUT2D eigenvalue weighted by atomic mass is 35.5. The van der Waals surface area contributed by atoms with E-state index in [-0.39, 0.29) is 5.91 Å². The Morgan fingerprint density at radius 1 is 1.18 bits per heavy atom. The lowest BCUT2D eigenvalue weighted by Gasteiger charge is -2.09. The van der Waals surface area contributed by atoms with Crippen LogP contribution in [-0.4, -0.2) is 25.3 Å². The lowest BCUT2D eigenvalue weighted by atomic mass is 10.1. The van der Waals surface area contributed by atoms with Crippen molar-refractivity contribution < 1.29 is 9.53 Å². The molecular weight excluding hydrogens is 318 g/mol. The van der Waals surface area contributed by atoms with Crippen LogP contribution in [0.15, 0.2) is 53.4 Å². The number of benzene rings is 2. The van der Waals surface area contributed by atoms with Gasteiger partial charge in [0.25, 0.3) is 0 Å². The van der Waals surface area contributed by atoms with Gasteiger partial charge in [0.2, 0.25) is 5.91 Å². The van der Waals surface area contributed by atoms with Crippen LogP contribution < -0.4 is 10.1 Å². The molecule has 0 aromatic heterocycles. The summed E-state index contributed by atoms with van der Waals surface area (Å²) in [7, 11) is 1.61. The first-order chi connectivity index (χ1) is 10.7. The molecule has 0 fully saturated rings. The molecular formula is C17H18ClNO2S. The number of amides is 1. The van der Waals surface area contributed by atoms with Crippen LogP contribution in [0.25, 0.3) is 0 Å². The van der Waals surface area contributed by atoms with Crippen molar-refractivity contribution in [3.05, 3.63) is 59.1 Å². The van der Waals surface area contributed by atoms with Gasteiger partial charge in [-0.1, -0.05) is 29.8 Å². The van der Waals surface area contributed by atoms with E-state index in [1.165, 1.54) is 0 Å². The van der Waals surface area contributed by atoms with E-state index in [2.05, 4.69) is 5.32 Å². The number of nitrogens with one attached hydrogen (secondary N) is 1. The van der Waals surface area contributed by atoms with Gasteiger partial charge in [-0.15, -0.1) is 11.8 Å². The van der Waals surface area contributed by atoms with Crippen LogP contribution in [0.3, 0.4) is 0 Å². The topological polar surface area (TPSA) is 38.3 Å². The Morgan fingerprint density at radius 3 is 2.64 bits per heavy atom. The molecule has 2 rings (SSSR count). The fraction of sp³-hybridized carbons (Fsp3) is 0.235. The van der Waals surface area contributed by atoms with E-state index in [0.717, 1.165) is 27.0 Å². The molecule has 22 heavy (non-hydrogen) atoms. The molecule has 0 aliphatic carbocycles. The number of rotatable bonds is 7. The van der Waals surface area contributed by atoms with Crippen molar-refractivity contribution in [1.82, 2.24) is 5.32 Å². The van der Waals surface area contributed by atoms with Crippen LogP contribution in [0.1, 0.15) is 5.56 Å². The van der Waals surface area contributed by atoms with Gasteiger partial charge in [-0.05, 0) is 30.3 Å². The highest BCUT2D eigenvalue weighted by molar-refractivity contribution is 7.99. The van der Waals surface area contributed by atoms with Crippen molar-refractivity contribution in [2.75, 3.05) is 19.4 Å². The summed E-state index contributed by atoms with van der Waals surface area (Å²) in [5.74, 6) is 1.56. The maximum absolute atomic E-state index is 11.9. The SMILES string of the molecule is COc1ccccc1CC(=O)NCCSc1ccc(Cl)cc1. The number of methoxy groups -OCH3 is 1. The third-order valence-corrected chi connectivity index (χ3v) is 4.32. The van der Waals surface area contributed by atoms with Crippen LogP contribution >= 0.6 is 23.4 Å². The van der Waals surface area contributed by atoms with Gasteiger partial charge in [0.15, 0.2) is 0 Å². The van der Waals surface area contributed by atoms with Gasteiger partial charge in [-0.2, -0.15) is 0 Å². The highest BCUT2D eigenvalue weighted by Crippen LogP contribution is 2.20. The number of ether oxygens (including phenoxy) is 1. The van der Waals surface area contributed by atoms with Crippen LogP contribution in [0.4, 0.5) is 0 Å². The van der Waals surface area contributed by atoms with Gasteiger partial charge in [-0.3, -0.25) is 4.79 Å². The number of hydrogen-bond donors (Lipinski definition) is 1. The second-order valence-corrected chi connectivity index (χ2v) is 6.25. The molecule has 1 N–H and O–H groups in total. The molecule has 0 saturated heterocycles. The summed E-state index contributed by atoms with van der Waals surface area (Å²) in [5.41, 5.74) is 0.896. The van der Waals surface area contributed by atoms with E-state index in [9.17, 15) is 4.79 Å². The Hall–Kier alpha value is -1.65. The summed E-state index contributed by atoms with van der Waals surface area (Å²) >= 11 is 7.53. The molecule has 2 aromatic carbocycles. The fourth-order valence-electron chi connectivity index (χ4n) is 1.97. The standard InChI is InChI=1S/C17H18ClNO2S/c1-21-16-5-3-2-4-13(16)12-17(20)19-10-11-22-15-8-6-14(18)7-9-15/h2-9H,10-12H2,1H3,(H,19,20). The van der Waals surface area contributed by atoms with Crippen molar-refractivity contribution in [2.45, 2.75) is 11.3 Å². The van der Waals surface area contributed by atoms with E-state index < -0.39 is 0 Å². The molecule has 5 heteroatoms. The zero-order valence-electron chi connectivity index (χ0n) is 12.3. The van der Waals surface area contributed by atoms with Gasteiger partial charge in [0, 0.05) is 27.8 Å². The molecule has 0 heterocycles. The van der Waals surface area contributed by atoms with Crippen LogP contribution in [0.5, 0.6) is 5.75 Å². The Balaban J connectivity index is 1.72. The zero-order valence-corrected chi connectivity index (χ0v) is 13.9. The summed E-state index contributed by atoms with van der Waals surface area (Å²) in [6.45, 7) is 0.626. The van der Waals surface area contributed by atoms with Gasteiger partial charge >= 0.3 is 0 Å². The Bertz CT molecular complexity index is 616. The number of hydrogen-bond acceptors (Lipinski definition) is 3. The van der Waals surface area contributed by atoms with Gasteiger partial charge < -0.3 is 10.1 Å². The fourth-order valence-corrected chi connectivity index (χ4v) is 2.87. The van der Waals surface area contributed by atoms with Crippen LogP contribution in [-0.2, 0) is 11.2 Å². The quantitative estimate of drug-likeness (QED) is 0.618. The minimum atomic E-state index is 0.00112. The minimum absolute atomic E-state index is 0.00112. The summed E-state index contributed by atoms with van der Waals surface area (Å²) in [6, 6.07) is 15.2. The Kier molecular flexibility index (Phi) is 6.62. The molecule has 0 saturated carbocycles. The summed E-state index contributed by atoms with van der Waals surface area (Å²) in [4.78, 5) is 13.1. The van der Waals surface area contributed by atoms with E-state index in [1.807, 2.05) is 48.5 Å². The van der Waals surface area contributed by atoms with E-state index in [0.29, 0.717) is 13.0 Å². The smallest absolute Gasteiger partial charge is 0.224 e. The predicted molar refractivity (Wildman–Crippen MR) is 91.9 cm³/mol. The molecule has 1 amide bonds. The molecule has 0 aliphatic heterocycles. The first-order valence-electron chi connectivity index (χ1n) is 6.96. The zero-order chi connectivity index (χ0) is 15.8. The third-order valence-electron chi connectivity index (χ3n) is 3.05. The van der Waals surface area contributed by atoms with Crippen molar-refractivity contribution in [3.8, 4) is 5.75 Å². The monoisotopic (exact) mass is 335 g/mol. The largest absolute Gasteiger partial charge is 0.496 e. The molecule has 0 unspecified atom stereocenters. The summed E-state index contributed by atoms with van der Waals surface area (Å²) in [6.07, 6.45) is 0.329. The molecule has 0 spiro atoms. The molecule has 0 radical (unpaired) electrons.